The number of anilines is 1. The van der Waals surface area contributed by atoms with Gasteiger partial charge in [-0.1, -0.05) is 6.07 Å². The van der Waals surface area contributed by atoms with Crippen molar-refractivity contribution in [2.24, 2.45) is 0 Å². The first-order valence-electron chi connectivity index (χ1n) is 6.50. The molecule has 1 N–H and O–H groups in total. The molecule has 0 aliphatic carbocycles. The highest BCUT2D eigenvalue weighted by atomic mass is 16.5. The third-order valence-corrected chi connectivity index (χ3v) is 3.06. The number of methoxy groups -OCH3 is 3. The van der Waals surface area contributed by atoms with Gasteiger partial charge >= 0.3 is 0 Å². The van der Waals surface area contributed by atoms with Crippen molar-refractivity contribution < 1.29 is 14.2 Å². The van der Waals surface area contributed by atoms with Crippen molar-refractivity contribution in [3.63, 3.8) is 0 Å². The van der Waals surface area contributed by atoms with Crippen molar-refractivity contribution in [3.05, 3.63) is 35.7 Å². The third kappa shape index (κ3) is 3.34. The summed E-state index contributed by atoms with van der Waals surface area (Å²) in [6.07, 6.45) is 1.41. The minimum atomic E-state index is 0.465. The average Bonchev–Trinajstić information content (AvgIpc) is 2.52. The second-order valence-electron chi connectivity index (χ2n) is 4.43. The molecule has 6 heteroatoms. The van der Waals surface area contributed by atoms with Gasteiger partial charge in [-0.25, -0.2) is 9.97 Å². The van der Waals surface area contributed by atoms with Crippen LogP contribution in [-0.4, -0.2) is 31.3 Å². The molecule has 112 valence electrons. The van der Waals surface area contributed by atoms with Crippen molar-refractivity contribution in [1.82, 2.24) is 9.97 Å². The standard InChI is InChI=1S/C15H19N3O3/c1-10-5-6-13(19-2)12(7-10)16-8-11-14(20-3)17-9-18-15(11)21-4/h5-7,9,16H,8H2,1-4H3. The van der Waals surface area contributed by atoms with Crippen LogP contribution in [-0.2, 0) is 6.54 Å². The van der Waals surface area contributed by atoms with E-state index in [1.165, 1.54) is 6.33 Å². The maximum atomic E-state index is 5.35. The zero-order valence-corrected chi connectivity index (χ0v) is 12.6. The van der Waals surface area contributed by atoms with Crippen LogP contribution < -0.4 is 19.5 Å². The quantitative estimate of drug-likeness (QED) is 0.881. The summed E-state index contributed by atoms with van der Waals surface area (Å²) < 4.78 is 15.9. The van der Waals surface area contributed by atoms with Crippen LogP contribution in [0, 0.1) is 6.92 Å². The molecule has 0 aliphatic heterocycles. The molecule has 0 aliphatic rings. The molecular formula is C15H19N3O3. The largest absolute Gasteiger partial charge is 0.495 e. The van der Waals surface area contributed by atoms with Gasteiger partial charge < -0.3 is 19.5 Å². The Morgan fingerprint density at radius 2 is 1.67 bits per heavy atom. The normalized spacial score (nSPS) is 10.1. The Balaban J connectivity index is 2.26. The summed E-state index contributed by atoms with van der Waals surface area (Å²) in [5.74, 6) is 1.75. The third-order valence-electron chi connectivity index (χ3n) is 3.06. The zero-order valence-electron chi connectivity index (χ0n) is 12.6. The molecule has 0 atom stereocenters. The van der Waals surface area contributed by atoms with E-state index < -0.39 is 0 Å². The molecule has 1 aromatic carbocycles. The molecule has 1 heterocycles. The van der Waals surface area contributed by atoms with Crippen LogP contribution in [0.1, 0.15) is 11.1 Å². The number of nitrogens with zero attached hydrogens (tertiary/aromatic N) is 2. The smallest absolute Gasteiger partial charge is 0.225 e. The molecule has 1 aromatic heterocycles. The van der Waals surface area contributed by atoms with E-state index in [4.69, 9.17) is 14.2 Å². The monoisotopic (exact) mass is 289 g/mol. The Hall–Kier alpha value is -2.50. The highest BCUT2D eigenvalue weighted by Gasteiger charge is 2.13. The minimum Gasteiger partial charge on any atom is -0.495 e. The Bertz CT molecular complexity index is 595. The van der Waals surface area contributed by atoms with Gasteiger partial charge in [-0.3, -0.25) is 0 Å². The predicted molar refractivity (Wildman–Crippen MR) is 80.2 cm³/mol. The zero-order chi connectivity index (χ0) is 15.2. The van der Waals surface area contributed by atoms with E-state index in [0.29, 0.717) is 18.3 Å². The molecule has 6 nitrogen and oxygen atoms in total. The summed E-state index contributed by atoms with van der Waals surface area (Å²) in [5.41, 5.74) is 2.79. The summed E-state index contributed by atoms with van der Waals surface area (Å²) in [7, 11) is 4.78. The fraction of sp³-hybridized carbons (Fsp3) is 0.333. The maximum Gasteiger partial charge on any atom is 0.225 e. The summed E-state index contributed by atoms with van der Waals surface area (Å²) in [6.45, 7) is 2.49. The fourth-order valence-electron chi connectivity index (χ4n) is 2.03. The summed E-state index contributed by atoms with van der Waals surface area (Å²) in [4.78, 5) is 8.19. The molecule has 0 unspecified atom stereocenters. The number of aryl methyl sites for hydroxylation is 1. The molecule has 0 spiro atoms. The van der Waals surface area contributed by atoms with Crippen molar-refractivity contribution in [2.75, 3.05) is 26.6 Å². The number of hydrogen-bond acceptors (Lipinski definition) is 6. The molecule has 0 bridgehead atoms. The number of ether oxygens (including phenoxy) is 3. The van der Waals surface area contributed by atoms with Gasteiger partial charge in [0.05, 0.1) is 39.1 Å². The lowest BCUT2D eigenvalue weighted by Gasteiger charge is -2.14. The molecule has 21 heavy (non-hydrogen) atoms. The van der Waals surface area contributed by atoms with Crippen LogP contribution in [0.3, 0.4) is 0 Å². The second kappa shape index (κ2) is 6.78. The topological polar surface area (TPSA) is 65.5 Å². The first kappa shape index (κ1) is 14.9. The average molecular weight is 289 g/mol. The second-order valence-corrected chi connectivity index (χ2v) is 4.43. The van der Waals surface area contributed by atoms with Crippen LogP contribution >= 0.6 is 0 Å². The van der Waals surface area contributed by atoms with Crippen molar-refractivity contribution >= 4 is 5.69 Å². The van der Waals surface area contributed by atoms with Crippen LogP contribution in [0.4, 0.5) is 5.69 Å². The van der Waals surface area contributed by atoms with Gasteiger partial charge in [0.15, 0.2) is 0 Å². The lowest BCUT2D eigenvalue weighted by Crippen LogP contribution is -2.07. The molecule has 2 rings (SSSR count). The van der Waals surface area contributed by atoms with Gasteiger partial charge in [0.25, 0.3) is 0 Å². The number of nitrogens with one attached hydrogen (secondary N) is 1. The van der Waals surface area contributed by atoms with Gasteiger partial charge in [-0.15, -0.1) is 0 Å². The SMILES string of the molecule is COc1ccc(C)cc1NCc1c(OC)ncnc1OC. The van der Waals surface area contributed by atoms with E-state index in [0.717, 1.165) is 22.6 Å². The molecule has 0 fully saturated rings. The van der Waals surface area contributed by atoms with E-state index in [2.05, 4.69) is 15.3 Å². The van der Waals surface area contributed by atoms with Crippen molar-refractivity contribution in [2.45, 2.75) is 13.5 Å². The number of aromatic nitrogens is 2. The summed E-state index contributed by atoms with van der Waals surface area (Å²) >= 11 is 0. The van der Waals surface area contributed by atoms with E-state index in [-0.39, 0.29) is 0 Å². The lowest BCUT2D eigenvalue weighted by molar-refractivity contribution is 0.363. The van der Waals surface area contributed by atoms with Gasteiger partial charge in [0, 0.05) is 0 Å². The van der Waals surface area contributed by atoms with Crippen LogP contribution in [0.15, 0.2) is 24.5 Å². The minimum absolute atomic E-state index is 0.465. The van der Waals surface area contributed by atoms with Crippen LogP contribution in [0.25, 0.3) is 0 Å². The maximum absolute atomic E-state index is 5.35. The molecule has 0 saturated heterocycles. The number of rotatable bonds is 6. The molecular weight excluding hydrogens is 270 g/mol. The van der Waals surface area contributed by atoms with Crippen molar-refractivity contribution in [1.29, 1.82) is 0 Å². The first-order valence-corrected chi connectivity index (χ1v) is 6.50. The van der Waals surface area contributed by atoms with E-state index in [9.17, 15) is 0 Å². The Kier molecular flexibility index (Phi) is 4.81. The van der Waals surface area contributed by atoms with Gasteiger partial charge in [0.2, 0.25) is 11.8 Å². The van der Waals surface area contributed by atoms with E-state index >= 15 is 0 Å². The van der Waals surface area contributed by atoms with E-state index in [1.807, 2.05) is 25.1 Å². The molecule has 0 radical (unpaired) electrons. The lowest BCUT2D eigenvalue weighted by atomic mass is 10.2. The Labute approximate surface area is 124 Å². The number of hydrogen-bond donors (Lipinski definition) is 1. The summed E-state index contributed by atoms with van der Waals surface area (Å²) in [5, 5.41) is 3.31. The molecule has 0 amide bonds. The Morgan fingerprint density at radius 3 is 2.24 bits per heavy atom. The molecule has 2 aromatic rings. The first-order chi connectivity index (χ1) is 10.2. The highest BCUT2D eigenvalue weighted by Crippen LogP contribution is 2.29. The fourth-order valence-corrected chi connectivity index (χ4v) is 2.03. The van der Waals surface area contributed by atoms with Gasteiger partial charge in [-0.05, 0) is 24.6 Å². The molecule has 0 saturated carbocycles. The number of benzene rings is 1. The Morgan fingerprint density at radius 1 is 1.00 bits per heavy atom. The van der Waals surface area contributed by atoms with Crippen LogP contribution in [0.5, 0.6) is 17.5 Å². The highest BCUT2D eigenvalue weighted by molar-refractivity contribution is 5.58. The van der Waals surface area contributed by atoms with Gasteiger partial charge in [-0.2, -0.15) is 0 Å². The van der Waals surface area contributed by atoms with Gasteiger partial charge in [0.1, 0.15) is 12.1 Å². The predicted octanol–water partition coefficient (Wildman–Crippen LogP) is 2.42. The van der Waals surface area contributed by atoms with Crippen LogP contribution in [0.2, 0.25) is 0 Å². The van der Waals surface area contributed by atoms with Crippen molar-refractivity contribution in [3.8, 4) is 17.5 Å². The van der Waals surface area contributed by atoms with E-state index in [1.54, 1.807) is 21.3 Å². The summed E-state index contributed by atoms with van der Waals surface area (Å²) in [6, 6.07) is 5.94.